The number of halogens is 1. The van der Waals surface area contributed by atoms with Gasteiger partial charge in [-0.15, -0.1) is 0 Å². The van der Waals surface area contributed by atoms with Crippen molar-refractivity contribution < 1.29 is 4.74 Å². The summed E-state index contributed by atoms with van der Waals surface area (Å²) < 4.78 is 6.35. The Bertz CT molecular complexity index is 585. The molecule has 2 rings (SSSR count). The second-order valence-electron chi connectivity index (χ2n) is 5.09. The number of benzene rings is 1. The molecular weight excluding hydrogens is 330 g/mol. The Kier molecular flexibility index (Phi) is 5.56. The summed E-state index contributed by atoms with van der Waals surface area (Å²) in [6.45, 7) is 6.98. The van der Waals surface area contributed by atoms with E-state index in [0.717, 1.165) is 40.7 Å². The molecule has 0 spiro atoms. The third-order valence-electron chi connectivity index (χ3n) is 2.83. The number of aromatic nitrogens is 2. The molecular formula is C16H20BrN3O. The van der Waals surface area contributed by atoms with E-state index in [2.05, 4.69) is 52.0 Å². The monoisotopic (exact) mass is 349 g/mol. The third-order valence-corrected chi connectivity index (χ3v) is 3.23. The van der Waals surface area contributed by atoms with Crippen LogP contribution in [0.3, 0.4) is 0 Å². The first-order chi connectivity index (χ1) is 10.1. The van der Waals surface area contributed by atoms with Gasteiger partial charge in [0.25, 0.3) is 0 Å². The van der Waals surface area contributed by atoms with Gasteiger partial charge in [0.15, 0.2) is 0 Å². The van der Waals surface area contributed by atoms with Crippen LogP contribution in [0.5, 0.6) is 5.75 Å². The van der Waals surface area contributed by atoms with E-state index in [4.69, 9.17) is 4.74 Å². The van der Waals surface area contributed by atoms with Crippen LogP contribution in [-0.4, -0.2) is 16.6 Å². The number of rotatable bonds is 6. The van der Waals surface area contributed by atoms with E-state index in [1.54, 1.807) is 0 Å². The summed E-state index contributed by atoms with van der Waals surface area (Å²) >= 11 is 3.42. The van der Waals surface area contributed by atoms with Crippen LogP contribution in [0.1, 0.15) is 38.9 Å². The number of nitrogens with one attached hydrogen (secondary N) is 1. The highest BCUT2D eigenvalue weighted by Gasteiger charge is 2.07. The lowest BCUT2D eigenvalue weighted by atomic mass is 10.2. The van der Waals surface area contributed by atoms with Gasteiger partial charge in [-0.05, 0) is 46.6 Å². The van der Waals surface area contributed by atoms with E-state index in [1.807, 2.05) is 30.3 Å². The highest BCUT2D eigenvalue weighted by molar-refractivity contribution is 9.10. The number of nitrogens with zero attached hydrogens (tertiary/aromatic N) is 2. The Hall–Kier alpha value is -1.62. The molecule has 21 heavy (non-hydrogen) atoms. The molecule has 0 unspecified atom stereocenters. The third kappa shape index (κ3) is 4.70. The normalized spacial score (nSPS) is 10.7. The molecule has 1 aromatic heterocycles. The van der Waals surface area contributed by atoms with Crippen molar-refractivity contribution in [2.75, 3.05) is 11.9 Å². The van der Waals surface area contributed by atoms with Gasteiger partial charge in [0.1, 0.15) is 22.0 Å². The molecule has 0 bridgehead atoms. The van der Waals surface area contributed by atoms with Crippen LogP contribution < -0.4 is 10.1 Å². The Labute approximate surface area is 134 Å². The predicted octanol–water partition coefficient (Wildman–Crippen LogP) is 4.89. The molecule has 0 saturated carbocycles. The molecule has 0 atom stereocenters. The molecule has 4 nitrogen and oxygen atoms in total. The largest absolute Gasteiger partial charge is 0.494 e. The van der Waals surface area contributed by atoms with Gasteiger partial charge in [0.2, 0.25) is 0 Å². The van der Waals surface area contributed by atoms with Crippen molar-refractivity contribution in [3.05, 3.63) is 40.8 Å². The second kappa shape index (κ2) is 7.41. The van der Waals surface area contributed by atoms with Crippen LogP contribution in [0.2, 0.25) is 0 Å². The lowest BCUT2D eigenvalue weighted by Crippen LogP contribution is -2.02. The Morgan fingerprint density at radius 2 is 1.90 bits per heavy atom. The van der Waals surface area contributed by atoms with Gasteiger partial charge >= 0.3 is 0 Å². The standard InChI is InChI=1S/C16H20BrN3O/c1-4-9-21-13-7-5-12(6-8-13)18-15-10-14(17)19-16(20-15)11(2)3/h5-8,10-11H,4,9H2,1-3H3,(H,18,19,20). The zero-order valence-corrected chi connectivity index (χ0v) is 14.1. The van der Waals surface area contributed by atoms with E-state index in [9.17, 15) is 0 Å². The molecule has 0 aliphatic carbocycles. The van der Waals surface area contributed by atoms with E-state index < -0.39 is 0 Å². The van der Waals surface area contributed by atoms with E-state index >= 15 is 0 Å². The van der Waals surface area contributed by atoms with Crippen LogP contribution in [0.25, 0.3) is 0 Å². The van der Waals surface area contributed by atoms with Crippen LogP contribution in [0.4, 0.5) is 11.5 Å². The van der Waals surface area contributed by atoms with E-state index in [1.165, 1.54) is 0 Å². The van der Waals surface area contributed by atoms with Gasteiger partial charge < -0.3 is 10.1 Å². The van der Waals surface area contributed by atoms with Gasteiger partial charge in [0.05, 0.1) is 6.61 Å². The average Bonchev–Trinajstić information content (AvgIpc) is 2.46. The molecule has 1 N–H and O–H groups in total. The number of anilines is 2. The zero-order valence-electron chi connectivity index (χ0n) is 12.6. The van der Waals surface area contributed by atoms with Crippen molar-refractivity contribution in [2.24, 2.45) is 0 Å². The van der Waals surface area contributed by atoms with Crippen molar-refractivity contribution >= 4 is 27.4 Å². The summed E-state index contributed by atoms with van der Waals surface area (Å²) in [6.07, 6.45) is 1.01. The van der Waals surface area contributed by atoms with Crippen molar-refractivity contribution in [3.8, 4) is 5.75 Å². The van der Waals surface area contributed by atoms with Gasteiger partial charge in [-0.1, -0.05) is 20.8 Å². The van der Waals surface area contributed by atoms with Gasteiger partial charge in [0, 0.05) is 17.7 Å². The molecule has 0 amide bonds. The fraction of sp³-hybridized carbons (Fsp3) is 0.375. The van der Waals surface area contributed by atoms with Crippen LogP contribution in [0.15, 0.2) is 34.9 Å². The first-order valence-corrected chi connectivity index (χ1v) is 7.92. The molecule has 112 valence electrons. The summed E-state index contributed by atoms with van der Waals surface area (Å²) in [5, 5.41) is 3.29. The smallest absolute Gasteiger partial charge is 0.135 e. The molecule has 0 saturated heterocycles. The molecule has 5 heteroatoms. The summed E-state index contributed by atoms with van der Waals surface area (Å²) in [5.74, 6) is 2.76. The van der Waals surface area contributed by atoms with Crippen LogP contribution in [0, 0.1) is 0 Å². The van der Waals surface area contributed by atoms with Gasteiger partial charge in [-0.2, -0.15) is 0 Å². The Morgan fingerprint density at radius 1 is 1.19 bits per heavy atom. The first kappa shape index (κ1) is 15.8. The molecule has 2 aromatic rings. The van der Waals surface area contributed by atoms with E-state index in [0.29, 0.717) is 0 Å². The summed E-state index contributed by atoms with van der Waals surface area (Å²) in [5.41, 5.74) is 0.971. The average molecular weight is 350 g/mol. The van der Waals surface area contributed by atoms with Gasteiger partial charge in [-0.25, -0.2) is 9.97 Å². The number of ether oxygens (including phenoxy) is 1. The molecule has 0 aliphatic rings. The topological polar surface area (TPSA) is 47.0 Å². The maximum atomic E-state index is 5.57. The highest BCUT2D eigenvalue weighted by atomic mass is 79.9. The Morgan fingerprint density at radius 3 is 2.52 bits per heavy atom. The highest BCUT2D eigenvalue weighted by Crippen LogP contribution is 2.22. The molecule has 1 aromatic carbocycles. The quantitative estimate of drug-likeness (QED) is 0.753. The fourth-order valence-corrected chi connectivity index (χ4v) is 2.16. The minimum absolute atomic E-state index is 0.285. The number of hydrogen-bond donors (Lipinski definition) is 1. The van der Waals surface area contributed by atoms with E-state index in [-0.39, 0.29) is 5.92 Å². The minimum atomic E-state index is 0.285. The minimum Gasteiger partial charge on any atom is -0.494 e. The zero-order chi connectivity index (χ0) is 15.2. The lowest BCUT2D eigenvalue weighted by molar-refractivity contribution is 0.317. The van der Waals surface area contributed by atoms with Crippen molar-refractivity contribution in [1.29, 1.82) is 0 Å². The molecule has 1 heterocycles. The second-order valence-corrected chi connectivity index (χ2v) is 5.90. The molecule has 0 aliphatic heterocycles. The molecule has 0 radical (unpaired) electrons. The number of hydrogen-bond acceptors (Lipinski definition) is 4. The van der Waals surface area contributed by atoms with Crippen molar-refractivity contribution in [1.82, 2.24) is 9.97 Å². The maximum absolute atomic E-state index is 5.57. The first-order valence-electron chi connectivity index (χ1n) is 7.13. The maximum Gasteiger partial charge on any atom is 0.135 e. The molecule has 0 fully saturated rings. The van der Waals surface area contributed by atoms with Gasteiger partial charge in [-0.3, -0.25) is 0 Å². The fourth-order valence-electron chi connectivity index (χ4n) is 1.76. The Balaban J connectivity index is 2.10. The summed E-state index contributed by atoms with van der Waals surface area (Å²) in [7, 11) is 0. The predicted molar refractivity (Wildman–Crippen MR) is 89.3 cm³/mol. The van der Waals surface area contributed by atoms with Crippen LogP contribution >= 0.6 is 15.9 Å². The summed E-state index contributed by atoms with van der Waals surface area (Å²) in [6, 6.07) is 9.74. The lowest BCUT2D eigenvalue weighted by Gasteiger charge is -2.10. The van der Waals surface area contributed by atoms with Crippen molar-refractivity contribution in [3.63, 3.8) is 0 Å². The van der Waals surface area contributed by atoms with Crippen molar-refractivity contribution in [2.45, 2.75) is 33.1 Å². The summed E-state index contributed by atoms with van der Waals surface area (Å²) in [4.78, 5) is 8.89. The SMILES string of the molecule is CCCOc1ccc(Nc2cc(Br)nc(C(C)C)n2)cc1. The van der Waals surface area contributed by atoms with Crippen LogP contribution in [-0.2, 0) is 0 Å².